The molecule has 1 atom stereocenters. The highest BCUT2D eigenvalue weighted by atomic mass is 32.2. The fourth-order valence-electron chi connectivity index (χ4n) is 1.08. The summed E-state index contributed by atoms with van der Waals surface area (Å²) >= 11 is 0. The van der Waals surface area contributed by atoms with E-state index >= 15 is 0 Å². The lowest BCUT2D eigenvalue weighted by Gasteiger charge is -2.14. The van der Waals surface area contributed by atoms with Gasteiger partial charge in [0, 0.05) is 6.42 Å². The van der Waals surface area contributed by atoms with Gasteiger partial charge in [-0.2, -0.15) is 8.42 Å². The number of hydrogen-bond acceptors (Lipinski definition) is 4. The molecule has 2 N–H and O–H groups in total. The molecule has 1 unspecified atom stereocenters. The van der Waals surface area contributed by atoms with E-state index < -0.39 is 21.2 Å². The molecule has 6 heteroatoms. The van der Waals surface area contributed by atoms with E-state index in [-0.39, 0.29) is 12.0 Å². The lowest BCUT2D eigenvalue weighted by atomic mass is 10.0. The molecule has 0 aromatic heterocycles. The molecule has 13 heavy (non-hydrogen) atoms. The molecular formula is C7H8O5S. The molecule has 0 saturated heterocycles. The van der Waals surface area contributed by atoms with Crippen molar-refractivity contribution in [2.45, 2.75) is 11.7 Å². The Morgan fingerprint density at radius 1 is 1.54 bits per heavy atom. The van der Waals surface area contributed by atoms with E-state index in [4.69, 9.17) is 9.66 Å². The van der Waals surface area contributed by atoms with Crippen molar-refractivity contribution in [1.82, 2.24) is 0 Å². The Balaban J connectivity index is 3.18. The van der Waals surface area contributed by atoms with Gasteiger partial charge in [0.15, 0.2) is 5.78 Å². The zero-order chi connectivity index (χ0) is 10.1. The van der Waals surface area contributed by atoms with Crippen molar-refractivity contribution < 1.29 is 22.9 Å². The van der Waals surface area contributed by atoms with Gasteiger partial charge in [0.2, 0.25) is 0 Å². The highest BCUT2D eigenvalue weighted by molar-refractivity contribution is 7.86. The van der Waals surface area contributed by atoms with Gasteiger partial charge in [-0.3, -0.25) is 9.35 Å². The molecule has 1 rings (SSSR count). The summed E-state index contributed by atoms with van der Waals surface area (Å²) in [5, 5.41) is 7.17. The van der Waals surface area contributed by atoms with Gasteiger partial charge < -0.3 is 5.11 Å². The molecular weight excluding hydrogens is 196 g/mol. The zero-order valence-electron chi connectivity index (χ0n) is 6.54. The second kappa shape index (κ2) is 3.31. The number of aliphatic hydroxyl groups excluding tert-OH is 1. The van der Waals surface area contributed by atoms with Gasteiger partial charge in [0.25, 0.3) is 10.1 Å². The fourth-order valence-corrected chi connectivity index (χ4v) is 1.91. The van der Waals surface area contributed by atoms with E-state index in [2.05, 4.69) is 0 Å². The highest BCUT2D eigenvalue weighted by Crippen LogP contribution is 2.19. The monoisotopic (exact) mass is 204 g/mol. The van der Waals surface area contributed by atoms with Crippen LogP contribution in [-0.2, 0) is 14.9 Å². The average molecular weight is 204 g/mol. The van der Waals surface area contributed by atoms with Crippen molar-refractivity contribution in [1.29, 1.82) is 0 Å². The third-order valence-electron chi connectivity index (χ3n) is 1.70. The standard InChI is InChI=1S/C7H8O5S/c8-4-5-6(9)2-1-3-7(5)13(10,11)12/h1,3-4,7-8H,2H2,(H,10,11,12)/b5-4-. The second-order valence-electron chi connectivity index (χ2n) is 2.58. The van der Waals surface area contributed by atoms with Crippen LogP contribution in [0, 0.1) is 0 Å². The van der Waals surface area contributed by atoms with Crippen LogP contribution in [0.25, 0.3) is 0 Å². The Bertz CT molecular complexity index is 376. The molecule has 0 fully saturated rings. The summed E-state index contributed by atoms with van der Waals surface area (Å²) in [6, 6.07) is 0. The molecule has 0 bridgehead atoms. The third kappa shape index (κ3) is 1.96. The predicted molar refractivity (Wildman–Crippen MR) is 44.8 cm³/mol. The Labute approximate surface area is 75.1 Å². The number of ketones is 1. The maximum atomic E-state index is 11.0. The fraction of sp³-hybridized carbons (Fsp3) is 0.286. The molecule has 0 saturated carbocycles. The third-order valence-corrected chi connectivity index (χ3v) is 2.76. The van der Waals surface area contributed by atoms with Gasteiger partial charge in [0.05, 0.1) is 11.8 Å². The van der Waals surface area contributed by atoms with E-state index in [0.717, 1.165) is 0 Å². The largest absolute Gasteiger partial charge is 0.515 e. The molecule has 0 spiro atoms. The molecule has 0 radical (unpaired) electrons. The maximum Gasteiger partial charge on any atom is 0.275 e. The minimum atomic E-state index is -4.36. The van der Waals surface area contributed by atoms with Gasteiger partial charge in [0.1, 0.15) is 5.25 Å². The number of Topliss-reactive ketones (excluding diaryl/α,β-unsaturated/α-hetero) is 1. The first-order valence-electron chi connectivity index (χ1n) is 3.47. The maximum absolute atomic E-state index is 11.0. The first-order valence-corrected chi connectivity index (χ1v) is 4.97. The van der Waals surface area contributed by atoms with E-state index in [9.17, 15) is 13.2 Å². The minimum Gasteiger partial charge on any atom is -0.515 e. The Kier molecular flexibility index (Phi) is 2.53. The van der Waals surface area contributed by atoms with Crippen LogP contribution >= 0.6 is 0 Å². The number of allylic oxidation sites excluding steroid dienone is 1. The lowest BCUT2D eigenvalue weighted by molar-refractivity contribution is -0.115. The van der Waals surface area contributed by atoms with E-state index in [1.807, 2.05) is 0 Å². The smallest absolute Gasteiger partial charge is 0.275 e. The number of carbonyl (C=O) groups is 1. The van der Waals surface area contributed by atoms with Crippen LogP contribution in [0.2, 0.25) is 0 Å². The number of carbonyl (C=O) groups excluding carboxylic acids is 1. The van der Waals surface area contributed by atoms with Crippen LogP contribution in [0.15, 0.2) is 24.0 Å². The van der Waals surface area contributed by atoms with Crippen LogP contribution in [0.3, 0.4) is 0 Å². The van der Waals surface area contributed by atoms with Gasteiger partial charge >= 0.3 is 0 Å². The number of hydrogen-bond donors (Lipinski definition) is 2. The molecule has 1 aliphatic carbocycles. The summed E-state index contributed by atoms with van der Waals surface area (Å²) < 4.78 is 30.1. The van der Waals surface area contributed by atoms with Gasteiger partial charge in [-0.25, -0.2) is 0 Å². The average Bonchev–Trinajstić information content (AvgIpc) is 2.02. The van der Waals surface area contributed by atoms with Crippen LogP contribution in [0.5, 0.6) is 0 Å². The topological polar surface area (TPSA) is 91.7 Å². The van der Waals surface area contributed by atoms with Crippen molar-refractivity contribution in [2.75, 3.05) is 0 Å². The Hall–Kier alpha value is -1.14. The molecule has 0 aromatic carbocycles. The summed E-state index contributed by atoms with van der Waals surface area (Å²) in [4.78, 5) is 11.0. The van der Waals surface area contributed by atoms with E-state index in [1.165, 1.54) is 12.2 Å². The number of rotatable bonds is 1. The summed E-state index contributed by atoms with van der Waals surface area (Å²) in [6.07, 6.45) is 2.97. The van der Waals surface area contributed by atoms with Gasteiger partial charge in [-0.05, 0) is 0 Å². The van der Waals surface area contributed by atoms with Crippen molar-refractivity contribution in [3.63, 3.8) is 0 Å². The summed E-state index contributed by atoms with van der Waals surface area (Å²) in [5.74, 6) is -0.507. The predicted octanol–water partition coefficient (Wildman–Crippen LogP) is 0.214. The van der Waals surface area contributed by atoms with Crippen LogP contribution in [0.1, 0.15) is 6.42 Å². The molecule has 0 amide bonds. The van der Waals surface area contributed by atoms with Crippen LogP contribution in [0.4, 0.5) is 0 Å². The highest BCUT2D eigenvalue weighted by Gasteiger charge is 2.31. The first-order chi connectivity index (χ1) is 5.96. The minimum absolute atomic E-state index is 0.0401. The first kappa shape index (κ1) is 9.94. The van der Waals surface area contributed by atoms with Gasteiger partial charge in [-0.15, -0.1) is 0 Å². The normalized spacial score (nSPS) is 26.7. The van der Waals surface area contributed by atoms with Crippen LogP contribution in [-0.4, -0.2) is 29.1 Å². The zero-order valence-corrected chi connectivity index (χ0v) is 7.36. The van der Waals surface area contributed by atoms with Crippen molar-refractivity contribution >= 4 is 15.9 Å². The van der Waals surface area contributed by atoms with Crippen molar-refractivity contribution in [3.8, 4) is 0 Å². The quantitative estimate of drug-likeness (QED) is 0.276. The molecule has 0 aliphatic heterocycles. The van der Waals surface area contributed by atoms with Crippen LogP contribution < -0.4 is 0 Å². The SMILES string of the molecule is O=C1CC=CC(S(=O)(=O)O)/C1=C\O. The molecule has 0 heterocycles. The summed E-state index contributed by atoms with van der Waals surface area (Å²) in [7, 11) is -4.36. The molecule has 0 aromatic rings. The van der Waals surface area contributed by atoms with E-state index in [1.54, 1.807) is 0 Å². The van der Waals surface area contributed by atoms with Crippen molar-refractivity contribution in [2.24, 2.45) is 0 Å². The summed E-state index contributed by atoms with van der Waals surface area (Å²) in [5.41, 5.74) is -0.301. The number of aliphatic hydroxyl groups is 1. The second-order valence-corrected chi connectivity index (χ2v) is 4.11. The van der Waals surface area contributed by atoms with Crippen molar-refractivity contribution in [3.05, 3.63) is 24.0 Å². The lowest BCUT2D eigenvalue weighted by Crippen LogP contribution is -2.27. The summed E-state index contributed by atoms with van der Waals surface area (Å²) in [6.45, 7) is 0. The van der Waals surface area contributed by atoms with E-state index in [0.29, 0.717) is 6.26 Å². The molecule has 1 aliphatic rings. The van der Waals surface area contributed by atoms with Gasteiger partial charge in [-0.1, -0.05) is 12.2 Å². The Morgan fingerprint density at radius 3 is 2.54 bits per heavy atom. The molecule has 5 nitrogen and oxygen atoms in total. The molecule has 72 valence electrons. The Morgan fingerprint density at radius 2 is 2.15 bits per heavy atom.